The Morgan fingerprint density at radius 2 is 1.72 bits per heavy atom. The molecule has 29 heavy (non-hydrogen) atoms. The number of thioether (sulfide) groups is 1. The minimum atomic E-state index is -1.06. The van der Waals surface area contributed by atoms with Gasteiger partial charge in [0.25, 0.3) is 0 Å². The van der Waals surface area contributed by atoms with Crippen LogP contribution in [0.25, 0.3) is 0 Å². The molecule has 1 aromatic rings. The van der Waals surface area contributed by atoms with E-state index in [4.69, 9.17) is 4.74 Å². The molecule has 0 aliphatic rings. The van der Waals surface area contributed by atoms with Gasteiger partial charge in [0.05, 0.1) is 13.0 Å². The van der Waals surface area contributed by atoms with Crippen LogP contribution in [0, 0.1) is 0 Å². The molecule has 0 spiro atoms. The number of carbonyl (C=O) groups excluding carboxylic acids is 4. The Labute approximate surface area is 175 Å². The molecule has 0 heterocycles. The highest BCUT2D eigenvalue weighted by Gasteiger charge is 2.27. The summed E-state index contributed by atoms with van der Waals surface area (Å²) in [5.41, 5.74) is 0.110. The van der Waals surface area contributed by atoms with E-state index >= 15 is 0 Å². The second-order valence-corrected chi connectivity index (χ2v) is 8.28. The summed E-state index contributed by atoms with van der Waals surface area (Å²) in [6, 6.07) is 8.19. The first-order valence-corrected chi connectivity index (χ1v) is 10.1. The van der Waals surface area contributed by atoms with Crippen molar-refractivity contribution >= 4 is 34.8 Å². The number of hydrogen-bond donors (Lipinski definition) is 2. The number of esters is 1. The molecule has 2 N–H and O–H groups in total. The lowest BCUT2D eigenvalue weighted by Crippen LogP contribution is -2.50. The molecule has 1 aromatic carbocycles. The fraction of sp³-hybridized carbons (Fsp3) is 0.500. The van der Waals surface area contributed by atoms with Gasteiger partial charge < -0.3 is 20.1 Å². The van der Waals surface area contributed by atoms with Crippen LogP contribution in [0.2, 0.25) is 0 Å². The number of benzene rings is 1. The van der Waals surface area contributed by atoms with Crippen molar-refractivity contribution in [1.29, 1.82) is 0 Å². The van der Waals surface area contributed by atoms with Gasteiger partial charge in [0.2, 0.25) is 5.91 Å². The second-order valence-electron chi connectivity index (χ2n) is 7.26. The van der Waals surface area contributed by atoms with Crippen LogP contribution in [-0.4, -0.2) is 54.1 Å². The molecule has 8 nitrogen and oxygen atoms in total. The lowest BCUT2D eigenvalue weighted by molar-refractivity contribution is -0.141. The summed E-state index contributed by atoms with van der Waals surface area (Å²) in [6.45, 7) is 6.51. The summed E-state index contributed by atoms with van der Waals surface area (Å²) in [5, 5.41) is 4.68. The Morgan fingerprint density at radius 1 is 1.10 bits per heavy atom. The number of ether oxygens (including phenoxy) is 2. The number of hydrogen-bond acceptors (Lipinski definition) is 7. The lowest BCUT2D eigenvalue weighted by atomic mass is 10.0. The summed E-state index contributed by atoms with van der Waals surface area (Å²) in [5.74, 6) is -1.63. The van der Waals surface area contributed by atoms with Crippen LogP contribution in [-0.2, 0) is 23.9 Å². The largest absolute Gasteiger partial charge is 0.468 e. The van der Waals surface area contributed by atoms with Gasteiger partial charge in [-0.1, -0.05) is 49.0 Å². The number of carbonyl (C=O) groups is 4. The van der Waals surface area contributed by atoms with Gasteiger partial charge in [0, 0.05) is 5.75 Å². The Hall–Kier alpha value is -2.55. The molecular formula is C20H28N2O6S. The average Bonchev–Trinajstić information content (AvgIpc) is 2.67. The van der Waals surface area contributed by atoms with Crippen LogP contribution in [0.5, 0.6) is 0 Å². The highest BCUT2D eigenvalue weighted by atomic mass is 32.2. The maximum atomic E-state index is 12.5. The van der Waals surface area contributed by atoms with E-state index < -0.39 is 29.6 Å². The molecule has 0 aliphatic carbocycles. The first-order valence-electron chi connectivity index (χ1n) is 9.09. The van der Waals surface area contributed by atoms with Crippen molar-refractivity contribution in [3.05, 3.63) is 35.9 Å². The Bertz CT molecular complexity index is 717. The molecule has 0 aromatic heterocycles. The van der Waals surface area contributed by atoms with Crippen molar-refractivity contribution in [2.45, 2.75) is 45.3 Å². The van der Waals surface area contributed by atoms with Crippen LogP contribution in [0.1, 0.15) is 39.2 Å². The molecule has 160 valence electrons. The Kier molecular flexibility index (Phi) is 9.67. The van der Waals surface area contributed by atoms with Crippen molar-refractivity contribution in [2.24, 2.45) is 0 Å². The van der Waals surface area contributed by atoms with Crippen molar-refractivity contribution in [2.75, 3.05) is 19.4 Å². The highest BCUT2D eigenvalue weighted by Crippen LogP contribution is 2.22. The fourth-order valence-electron chi connectivity index (χ4n) is 2.16. The molecule has 0 bridgehead atoms. The maximum Gasteiger partial charge on any atom is 0.408 e. The normalized spacial score (nSPS) is 13.0. The van der Waals surface area contributed by atoms with Gasteiger partial charge in [-0.05, 0) is 26.3 Å². The SMILES string of the molecule is COC(=O)CNC(=O)C(CSC(=O)C(C)c1ccccc1)NC(=O)OC(C)(C)C. The summed E-state index contributed by atoms with van der Waals surface area (Å²) in [6.07, 6.45) is -0.792. The smallest absolute Gasteiger partial charge is 0.408 e. The standard InChI is InChI=1S/C20H28N2O6S/c1-13(14-9-7-6-8-10-14)18(25)29-12-15(17(24)21-11-16(23)27-5)22-19(26)28-20(2,3)4/h6-10,13,15H,11-12H2,1-5H3,(H,21,24)(H,22,26). The van der Waals surface area contributed by atoms with Crippen LogP contribution in [0.3, 0.4) is 0 Å². The van der Waals surface area contributed by atoms with Gasteiger partial charge in [0.15, 0.2) is 5.12 Å². The zero-order valence-electron chi connectivity index (χ0n) is 17.3. The van der Waals surface area contributed by atoms with Gasteiger partial charge in [-0.15, -0.1) is 0 Å². The van der Waals surface area contributed by atoms with E-state index in [1.165, 1.54) is 7.11 Å². The van der Waals surface area contributed by atoms with Gasteiger partial charge in [-0.25, -0.2) is 4.79 Å². The van der Waals surface area contributed by atoms with Crippen LogP contribution in [0.15, 0.2) is 30.3 Å². The van der Waals surface area contributed by atoms with Crippen molar-refractivity contribution in [3.8, 4) is 0 Å². The molecule has 0 fully saturated rings. The monoisotopic (exact) mass is 424 g/mol. The fourth-order valence-corrected chi connectivity index (χ4v) is 3.11. The average molecular weight is 425 g/mol. The van der Waals surface area contributed by atoms with Crippen LogP contribution < -0.4 is 10.6 Å². The van der Waals surface area contributed by atoms with Gasteiger partial charge in [-0.2, -0.15) is 0 Å². The number of rotatable bonds is 8. The molecule has 2 unspecified atom stereocenters. The van der Waals surface area contributed by atoms with E-state index in [0.29, 0.717) is 0 Å². The molecule has 0 radical (unpaired) electrons. The molecule has 9 heteroatoms. The molecule has 2 atom stereocenters. The zero-order chi connectivity index (χ0) is 22.0. The molecule has 0 saturated heterocycles. The van der Waals surface area contributed by atoms with Crippen LogP contribution >= 0.6 is 11.8 Å². The summed E-state index contributed by atoms with van der Waals surface area (Å²) in [4.78, 5) is 48.2. The Morgan fingerprint density at radius 3 is 2.28 bits per heavy atom. The number of amides is 2. The number of nitrogens with one attached hydrogen (secondary N) is 2. The van der Waals surface area contributed by atoms with E-state index in [1.807, 2.05) is 30.3 Å². The quantitative estimate of drug-likeness (QED) is 0.616. The molecule has 1 rings (SSSR count). The van der Waals surface area contributed by atoms with Crippen molar-refractivity contribution in [3.63, 3.8) is 0 Å². The predicted octanol–water partition coefficient (Wildman–Crippen LogP) is 2.23. The van der Waals surface area contributed by atoms with E-state index in [9.17, 15) is 19.2 Å². The second kappa shape index (κ2) is 11.5. The maximum absolute atomic E-state index is 12.5. The topological polar surface area (TPSA) is 111 Å². The molecule has 0 saturated carbocycles. The van der Waals surface area contributed by atoms with Gasteiger partial charge in [-0.3, -0.25) is 14.4 Å². The summed E-state index contributed by atoms with van der Waals surface area (Å²) < 4.78 is 9.65. The molecule has 0 aliphatic heterocycles. The van der Waals surface area contributed by atoms with Gasteiger partial charge in [0.1, 0.15) is 18.2 Å². The van der Waals surface area contributed by atoms with E-state index in [-0.39, 0.29) is 23.3 Å². The number of methoxy groups -OCH3 is 1. The summed E-state index contributed by atoms with van der Waals surface area (Å²) >= 11 is 0.930. The van der Waals surface area contributed by atoms with Crippen molar-refractivity contribution < 1.29 is 28.7 Å². The summed E-state index contributed by atoms with van der Waals surface area (Å²) in [7, 11) is 1.20. The minimum absolute atomic E-state index is 0.0117. The molecular weight excluding hydrogens is 396 g/mol. The van der Waals surface area contributed by atoms with E-state index in [0.717, 1.165) is 17.3 Å². The van der Waals surface area contributed by atoms with Crippen LogP contribution in [0.4, 0.5) is 4.79 Å². The van der Waals surface area contributed by atoms with Gasteiger partial charge >= 0.3 is 12.1 Å². The van der Waals surface area contributed by atoms with Crippen molar-refractivity contribution in [1.82, 2.24) is 10.6 Å². The predicted molar refractivity (Wildman–Crippen MR) is 111 cm³/mol. The first-order chi connectivity index (χ1) is 13.5. The minimum Gasteiger partial charge on any atom is -0.468 e. The lowest BCUT2D eigenvalue weighted by Gasteiger charge is -2.23. The molecule has 2 amide bonds. The number of alkyl carbamates (subject to hydrolysis) is 1. The highest BCUT2D eigenvalue weighted by molar-refractivity contribution is 8.13. The third-order valence-corrected chi connectivity index (χ3v) is 4.83. The third kappa shape index (κ3) is 9.47. The third-order valence-electron chi connectivity index (χ3n) is 3.69. The zero-order valence-corrected chi connectivity index (χ0v) is 18.1. The van der Waals surface area contributed by atoms with E-state index in [1.54, 1.807) is 27.7 Å². The van der Waals surface area contributed by atoms with E-state index in [2.05, 4.69) is 15.4 Å². The Balaban J connectivity index is 2.76. The first kappa shape index (κ1) is 24.5.